The van der Waals surface area contributed by atoms with Gasteiger partial charge < -0.3 is 4.90 Å². The standard InChI is InChI=1S/C13H18BrNO/c1-5-6-15(11(4)16)12-7-9(2)13(14)10(3)8-12/h7-8H,5-6H2,1-4H3. The summed E-state index contributed by atoms with van der Waals surface area (Å²) in [7, 11) is 0. The quantitative estimate of drug-likeness (QED) is 0.826. The minimum absolute atomic E-state index is 0.1000. The third kappa shape index (κ3) is 2.85. The Morgan fingerprint density at radius 2 is 1.81 bits per heavy atom. The van der Waals surface area contributed by atoms with Gasteiger partial charge in [0.05, 0.1) is 0 Å². The van der Waals surface area contributed by atoms with E-state index in [4.69, 9.17) is 0 Å². The van der Waals surface area contributed by atoms with Gasteiger partial charge in [-0.1, -0.05) is 22.9 Å². The van der Waals surface area contributed by atoms with Crippen molar-refractivity contribution >= 4 is 27.5 Å². The summed E-state index contributed by atoms with van der Waals surface area (Å²) in [5.41, 5.74) is 3.32. The molecule has 0 saturated heterocycles. The van der Waals surface area contributed by atoms with Gasteiger partial charge in [0.25, 0.3) is 0 Å². The van der Waals surface area contributed by atoms with Crippen molar-refractivity contribution in [1.82, 2.24) is 0 Å². The number of carbonyl (C=O) groups excluding carboxylic acids is 1. The number of benzene rings is 1. The van der Waals surface area contributed by atoms with Gasteiger partial charge in [0, 0.05) is 23.6 Å². The normalized spacial score (nSPS) is 10.3. The van der Waals surface area contributed by atoms with Crippen LogP contribution in [0.15, 0.2) is 16.6 Å². The lowest BCUT2D eigenvalue weighted by atomic mass is 10.1. The minimum Gasteiger partial charge on any atom is -0.313 e. The van der Waals surface area contributed by atoms with Crippen molar-refractivity contribution in [2.45, 2.75) is 34.1 Å². The first-order chi connectivity index (χ1) is 7.47. The van der Waals surface area contributed by atoms with Gasteiger partial charge >= 0.3 is 0 Å². The van der Waals surface area contributed by atoms with Crippen LogP contribution < -0.4 is 4.90 Å². The molecule has 0 bridgehead atoms. The van der Waals surface area contributed by atoms with Gasteiger partial charge in [-0.2, -0.15) is 0 Å². The van der Waals surface area contributed by atoms with Gasteiger partial charge in [0.2, 0.25) is 5.91 Å². The summed E-state index contributed by atoms with van der Waals surface area (Å²) in [6.45, 7) is 8.56. The first kappa shape index (κ1) is 13.2. The van der Waals surface area contributed by atoms with E-state index in [2.05, 4.69) is 22.9 Å². The number of nitrogens with zero attached hydrogens (tertiary/aromatic N) is 1. The molecule has 1 aromatic rings. The van der Waals surface area contributed by atoms with Crippen LogP contribution in [0.2, 0.25) is 0 Å². The summed E-state index contributed by atoms with van der Waals surface area (Å²) in [4.78, 5) is 13.4. The molecular formula is C13H18BrNO. The van der Waals surface area contributed by atoms with Crippen LogP contribution >= 0.6 is 15.9 Å². The molecule has 0 aliphatic carbocycles. The molecule has 1 amide bonds. The third-order valence-electron chi connectivity index (χ3n) is 2.56. The Kier molecular flexibility index (Phi) is 4.54. The van der Waals surface area contributed by atoms with Crippen molar-refractivity contribution in [2.24, 2.45) is 0 Å². The van der Waals surface area contributed by atoms with Crippen molar-refractivity contribution < 1.29 is 4.79 Å². The molecule has 0 unspecified atom stereocenters. The first-order valence-corrected chi connectivity index (χ1v) is 6.31. The van der Waals surface area contributed by atoms with Crippen molar-refractivity contribution in [3.05, 3.63) is 27.7 Å². The molecule has 0 heterocycles. The van der Waals surface area contributed by atoms with E-state index in [-0.39, 0.29) is 5.91 Å². The molecule has 88 valence electrons. The molecule has 1 rings (SSSR count). The summed E-state index contributed by atoms with van der Waals surface area (Å²) in [6.07, 6.45) is 0.966. The number of hydrogen-bond donors (Lipinski definition) is 0. The number of anilines is 1. The SMILES string of the molecule is CCCN(C(C)=O)c1cc(C)c(Br)c(C)c1. The summed E-state index contributed by atoms with van der Waals surface area (Å²) in [5, 5.41) is 0. The summed E-state index contributed by atoms with van der Waals surface area (Å²) < 4.78 is 1.12. The maximum Gasteiger partial charge on any atom is 0.223 e. The van der Waals surface area contributed by atoms with E-state index in [0.717, 1.165) is 34.3 Å². The van der Waals surface area contributed by atoms with Crippen LogP contribution in [0.4, 0.5) is 5.69 Å². The largest absolute Gasteiger partial charge is 0.313 e. The molecule has 0 aliphatic rings. The van der Waals surface area contributed by atoms with Crippen molar-refractivity contribution in [3.63, 3.8) is 0 Å². The van der Waals surface area contributed by atoms with E-state index in [1.165, 1.54) is 0 Å². The Bertz CT molecular complexity index is 378. The molecule has 0 radical (unpaired) electrons. The van der Waals surface area contributed by atoms with Crippen molar-refractivity contribution in [1.29, 1.82) is 0 Å². The number of carbonyl (C=O) groups is 1. The number of halogens is 1. The van der Waals surface area contributed by atoms with Crippen LogP contribution in [0.5, 0.6) is 0 Å². The van der Waals surface area contributed by atoms with Crippen molar-refractivity contribution in [3.8, 4) is 0 Å². The monoisotopic (exact) mass is 283 g/mol. The van der Waals surface area contributed by atoms with E-state index in [1.54, 1.807) is 6.92 Å². The average Bonchev–Trinajstić information content (AvgIpc) is 2.21. The molecule has 0 atom stereocenters. The fourth-order valence-electron chi connectivity index (χ4n) is 1.77. The molecule has 3 heteroatoms. The molecule has 0 aromatic heterocycles. The number of aryl methyl sites for hydroxylation is 2. The minimum atomic E-state index is 0.1000. The summed E-state index contributed by atoms with van der Waals surface area (Å²) in [5.74, 6) is 0.1000. The summed E-state index contributed by atoms with van der Waals surface area (Å²) in [6, 6.07) is 4.10. The molecule has 0 fully saturated rings. The van der Waals surface area contributed by atoms with Crippen LogP contribution in [0.1, 0.15) is 31.4 Å². The van der Waals surface area contributed by atoms with Gasteiger partial charge in [0.1, 0.15) is 0 Å². The molecule has 0 aliphatic heterocycles. The van der Waals surface area contributed by atoms with Gasteiger partial charge in [0.15, 0.2) is 0 Å². The second-order valence-electron chi connectivity index (χ2n) is 4.06. The van der Waals surface area contributed by atoms with Gasteiger partial charge in [-0.05, 0) is 43.5 Å². The molecule has 0 spiro atoms. The first-order valence-electron chi connectivity index (χ1n) is 5.52. The Morgan fingerprint density at radius 1 is 1.31 bits per heavy atom. The van der Waals surface area contributed by atoms with E-state index >= 15 is 0 Å². The van der Waals surface area contributed by atoms with E-state index in [0.29, 0.717) is 0 Å². The molecule has 0 saturated carbocycles. The number of hydrogen-bond acceptors (Lipinski definition) is 1. The Balaban J connectivity index is 3.15. The zero-order valence-electron chi connectivity index (χ0n) is 10.3. The molecular weight excluding hydrogens is 266 g/mol. The maximum absolute atomic E-state index is 11.6. The predicted molar refractivity (Wildman–Crippen MR) is 71.9 cm³/mol. The fraction of sp³-hybridized carbons (Fsp3) is 0.462. The van der Waals surface area contributed by atoms with Gasteiger partial charge in [-0.3, -0.25) is 4.79 Å². The summed E-state index contributed by atoms with van der Waals surface area (Å²) >= 11 is 3.53. The third-order valence-corrected chi connectivity index (χ3v) is 3.81. The molecule has 2 nitrogen and oxygen atoms in total. The second kappa shape index (κ2) is 5.48. The maximum atomic E-state index is 11.6. The predicted octanol–water partition coefficient (Wildman–Crippen LogP) is 3.83. The van der Waals surface area contributed by atoms with Gasteiger partial charge in [-0.25, -0.2) is 0 Å². The smallest absolute Gasteiger partial charge is 0.223 e. The van der Waals surface area contributed by atoms with E-state index in [9.17, 15) is 4.79 Å². The van der Waals surface area contributed by atoms with Crippen LogP contribution in [0.25, 0.3) is 0 Å². The van der Waals surface area contributed by atoms with E-state index in [1.807, 2.05) is 30.9 Å². The fourth-order valence-corrected chi connectivity index (χ4v) is 2.00. The van der Waals surface area contributed by atoms with Crippen LogP contribution in [0.3, 0.4) is 0 Å². The highest BCUT2D eigenvalue weighted by Crippen LogP contribution is 2.27. The zero-order chi connectivity index (χ0) is 12.3. The molecule has 16 heavy (non-hydrogen) atoms. The second-order valence-corrected chi connectivity index (χ2v) is 4.86. The molecule has 0 N–H and O–H groups in total. The average molecular weight is 284 g/mol. The Morgan fingerprint density at radius 3 is 2.19 bits per heavy atom. The van der Waals surface area contributed by atoms with E-state index < -0.39 is 0 Å². The number of amides is 1. The number of rotatable bonds is 3. The van der Waals surface area contributed by atoms with Crippen LogP contribution in [-0.2, 0) is 4.79 Å². The topological polar surface area (TPSA) is 20.3 Å². The highest BCUT2D eigenvalue weighted by atomic mass is 79.9. The Labute approximate surface area is 106 Å². The lowest BCUT2D eigenvalue weighted by molar-refractivity contribution is -0.116. The van der Waals surface area contributed by atoms with Crippen LogP contribution in [0, 0.1) is 13.8 Å². The Hall–Kier alpha value is -0.830. The molecule has 1 aromatic carbocycles. The highest BCUT2D eigenvalue weighted by molar-refractivity contribution is 9.10. The lowest BCUT2D eigenvalue weighted by Crippen LogP contribution is -2.29. The van der Waals surface area contributed by atoms with Gasteiger partial charge in [-0.15, -0.1) is 0 Å². The lowest BCUT2D eigenvalue weighted by Gasteiger charge is -2.22. The van der Waals surface area contributed by atoms with Crippen molar-refractivity contribution in [2.75, 3.05) is 11.4 Å². The zero-order valence-corrected chi connectivity index (χ0v) is 11.9. The highest BCUT2D eigenvalue weighted by Gasteiger charge is 2.12. The van der Waals surface area contributed by atoms with Crippen LogP contribution in [-0.4, -0.2) is 12.5 Å².